The highest BCUT2D eigenvalue weighted by Gasteiger charge is 2.42. The summed E-state index contributed by atoms with van der Waals surface area (Å²) in [6.07, 6.45) is 2.68. The third kappa shape index (κ3) is 1.45. The van der Waals surface area contributed by atoms with Crippen molar-refractivity contribution in [2.75, 3.05) is 11.4 Å². The van der Waals surface area contributed by atoms with Gasteiger partial charge in [0.25, 0.3) is 0 Å². The molecule has 0 saturated heterocycles. The summed E-state index contributed by atoms with van der Waals surface area (Å²) in [7, 11) is 0. The number of nitrogens with zero attached hydrogens (tertiary/aromatic N) is 1. The van der Waals surface area contributed by atoms with Gasteiger partial charge in [-0.25, -0.2) is 0 Å². The zero-order valence-corrected chi connectivity index (χ0v) is 9.86. The first kappa shape index (κ1) is 10.9. The fourth-order valence-electron chi connectivity index (χ4n) is 2.24. The van der Waals surface area contributed by atoms with E-state index in [9.17, 15) is 4.79 Å². The molecule has 0 aliphatic carbocycles. The zero-order chi connectivity index (χ0) is 11.8. The van der Waals surface area contributed by atoms with Gasteiger partial charge < -0.3 is 4.90 Å². The average Bonchev–Trinajstić information content (AvgIpc) is 2.47. The Bertz CT molecular complexity index is 434. The van der Waals surface area contributed by atoms with Crippen molar-refractivity contribution >= 4 is 11.6 Å². The van der Waals surface area contributed by atoms with Crippen molar-refractivity contribution in [1.29, 1.82) is 0 Å². The van der Waals surface area contributed by atoms with Crippen molar-refractivity contribution in [2.24, 2.45) is 0 Å². The molecule has 0 N–H and O–H groups in total. The number of hydrogen-bond donors (Lipinski definition) is 0. The molecule has 1 aromatic carbocycles. The lowest BCUT2D eigenvalue weighted by molar-refractivity contribution is -0.122. The molecule has 84 valence electrons. The first-order chi connectivity index (χ1) is 7.59. The molecule has 0 fully saturated rings. The summed E-state index contributed by atoms with van der Waals surface area (Å²) >= 11 is 0. The fourth-order valence-corrected chi connectivity index (χ4v) is 2.24. The lowest BCUT2D eigenvalue weighted by Gasteiger charge is -2.19. The second-order valence-electron chi connectivity index (χ2n) is 4.68. The van der Waals surface area contributed by atoms with Crippen LogP contribution in [0.3, 0.4) is 0 Å². The maximum atomic E-state index is 12.3. The number of rotatable bonds is 3. The normalized spacial score (nSPS) is 17.4. The third-order valence-corrected chi connectivity index (χ3v) is 3.20. The van der Waals surface area contributed by atoms with Crippen LogP contribution < -0.4 is 4.90 Å². The number of anilines is 1. The minimum Gasteiger partial charge on any atom is -0.311 e. The van der Waals surface area contributed by atoms with Gasteiger partial charge in [0.2, 0.25) is 5.91 Å². The Labute approximate surface area is 96.6 Å². The van der Waals surface area contributed by atoms with Crippen LogP contribution in [-0.4, -0.2) is 12.5 Å². The molecule has 1 aliphatic rings. The van der Waals surface area contributed by atoms with E-state index in [1.54, 1.807) is 0 Å². The summed E-state index contributed by atoms with van der Waals surface area (Å²) in [6, 6.07) is 8.03. The van der Waals surface area contributed by atoms with Gasteiger partial charge in [0, 0.05) is 12.2 Å². The van der Waals surface area contributed by atoms with Crippen LogP contribution in [0, 0.1) is 0 Å². The standard InChI is InChI=1S/C14H17NO/c1-4-5-10-15-12-9-7-6-8-11(12)14(2,3)13(15)16/h4,6-9H,1,5,10H2,2-3H3. The highest BCUT2D eigenvalue weighted by atomic mass is 16.2. The lowest BCUT2D eigenvalue weighted by Crippen LogP contribution is -2.36. The van der Waals surface area contributed by atoms with Crippen molar-refractivity contribution in [2.45, 2.75) is 25.7 Å². The Hall–Kier alpha value is -1.57. The minimum atomic E-state index is -0.391. The van der Waals surface area contributed by atoms with Crippen molar-refractivity contribution < 1.29 is 4.79 Å². The Kier molecular flexibility index (Phi) is 2.58. The third-order valence-electron chi connectivity index (χ3n) is 3.20. The molecule has 0 aromatic heterocycles. The van der Waals surface area contributed by atoms with Crippen LogP contribution in [0.1, 0.15) is 25.8 Å². The maximum Gasteiger partial charge on any atom is 0.237 e. The molecule has 2 heteroatoms. The molecular formula is C14H17NO. The highest BCUT2D eigenvalue weighted by Crippen LogP contribution is 2.41. The molecule has 1 heterocycles. The lowest BCUT2D eigenvalue weighted by atomic mass is 9.86. The van der Waals surface area contributed by atoms with Gasteiger partial charge in [-0.05, 0) is 31.9 Å². The van der Waals surface area contributed by atoms with Gasteiger partial charge >= 0.3 is 0 Å². The SMILES string of the molecule is C=CCCN1C(=O)C(C)(C)c2ccccc21. The molecule has 2 rings (SSSR count). The summed E-state index contributed by atoms with van der Waals surface area (Å²) in [4.78, 5) is 14.2. The fraction of sp³-hybridized carbons (Fsp3) is 0.357. The monoisotopic (exact) mass is 215 g/mol. The van der Waals surface area contributed by atoms with Crippen LogP contribution in [0.15, 0.2) is 36.9 Å². The van der Waals surface area contributed by atoms with Gasteiger partial charge in [-0.15, -0.1) is 6.58 Å². The van der Waals surface area contributed by atoms with E-state index < -0.39 is 5.41 Å². The molecule has 0 unspecified atom stereocenters. The van der Waals surface area contributed by atoms with Crippen molar-refractivity contribution in [3.05, 3.63) is 42.5 Å². The predicted molar refractivity (Wildman–Crippen MR) is 66.6 cm³/mol. The Balaban J connectivity index is 2.43. The number of carbonyl (C=O) groups is 1. The highest BCUT2D eigenvalue weighted by molar-refractivity contribution is 6.07. The summed E-state index contributed by atoms with van der Waals surface area (Å²) in [6.45, 7) is 8.40. The van der Waals surface area contributed by atoms with Crippen molar-refractivity contribution in [3.8, 4) is 0 Å². The van der Waals surface area contributed by atoms with Crippen molar-refractivity contribution in [3.63, 3.8) is 0 Å². The Morgan fingerprint density at radius 2 is 2.06 bits per heavy atom. The summed E-state index contributed by atoms with van der Waals surface area (Å²) in [5.41, 5.74) is 1.79. The van der Waals surface area contributed by atoms with Crippen LogP contribution >= 0.6 is 0 Å². The van der Waals surface area contributed by atoms with E-state index in [0.29, 0.717) is 0 Å². The second kappa shape index (κ2) is 3.78. The predicted octanol–water partition coefficient (Wildman–Crippen LogP) is 2.89. The number of hydrogen-bond acceptors (Lipinski definition) is 1. The van der Waals surface area contributed by atoms with Crippen LogP contribution in [0.5, 0.6) is 0 Å². The number of carbonyl (C=O) groups excluding carboxylic acids is 1. The van der Waals surface area contributed by atoms with Crippen LogP contribution in [0.2, 0.25) is 0 Å². The smallest absolute Gasteiger partial charge is 0.237 e. The maximum absolute atomic E-state index is 12.3. The van der Waals surface area contributed by atoms with E-state index in [-0.39, 0.29) is 5.91 Å². The van der Waals surface area contributed by atoms with Gasteiger partial charge in [0.05, 0.1) is 5.41 Å². The molecule has 0 spiro atoms. The molecule has 16 heavy (non-hydrogen) atoms. The molecule has 1 aliphatic heterocycles. The van der Waals surface area contributed by atoms with Gasteiger partial charge in [-0.3, -0.25) is 4.79 Å². The number of amides is 1. The molecule has 1 aromatic rings. The number of fused-ring (bicyclic) bond motifs is 1. The second-order valence-corrected chi connectivity index (χ2v) is 4.68. The van der Waals surface area contributed by atoms with E-state index in [1.165, 1.54) is 0 Å². The van der Waals surface area contributed by atoms with E-state index >= 15 is 0 Å². The average molecular weight is 215 g/mol. The van der Waals surface area contributed by atoms with Gasteiger partial charge in [-0.1, -0.05) is 24.3 Å². The number of benzene rings is 1. The largest absolute Gasteiger partial charge is 0.311 e. The van der Waals surface area contributed by atoms with Gasteiger partial charge in [0.15, 0.2) is 0 Å². The van der Waals surface area contributed by atoms with Crippen LogP contribution in [-0.2, 0) is 10.2 Å². The Morgan fingerprint density at radius 3 is 2.75 bits per heavy atom. The summed E-state index contributed by atoms with van der Waals surface area (Å²) in [5, 5.41) is 0. The van der Waals surface area contributed by atoms with E-state index in [1.807, 2.05) is 49.1 Å². The molecule has 0 saturated carbocycles. The molecular weight excluding hydrogens is 198 g/mol. The zero-order valence-electron chi connectivity index (χ0n) is 9.86. The van der Waals surface area contributed by atoms with Crippen LogP contribution in [0.4, 0.5) is 5.69 Å². The molecule has 2 nitrogen and oxygen atoms in total. The van der Waals surface area contributed by atoms with E-state index in [4.69, 9.17) is 0 Å². The minimum absolute atomic E-state index is 0.190. The molecule has 0 radical (unpaired) electrons. The first-order valence-electron chi connectivity index (χ1n) is 5.61. The van der Waals surface area contributed by atoms with Gasteiger partial charge in [-0.2, -0.15) is 0 Å². The van der Waals surface area contributed by atoms with Crippen LogP contribution in [0.25, 0.3) is 0 Å². The van der Waals surface area contributed by atoms with E-state index in [0.717, 1.165) is 24.2 Å². The molecule has 0 bridgehead atoms. The van der Waals surface area contributed by atoms with Crippen molar-refractivity contribution in [1.82, 2.24) is 0 Å². The van der Waals surface area contributed by atoms with Gasteiger partial charge in [0.1, 0.15) is 0 Å². The summed E-state index contributed by atoms with van der Waals surface area (Å²) in [5.74, 6) is 0.190. The Morgan fingerprint density at radius 1 is 1.38 bits per heavy atom. The summed E-state index contributed by atoms with van der Waals surface area (Å²) < 4.78 is 0. The molecule has 1 amide bonds. The topological polar surface area (TPSA) is 20.3 Å². The van der Waals surface area contributed by atoms with E-state index in [2.05, 4.69) is 6.58 Å². The molecule has 0 atom stereocenters. The first-order valence-corrected chi connectivity index (χ1v) is 5.61. The number of para-hydroxylation sites is 1. The quantitative estimate of drug-likeness (QED) is 0.710.